The average Bonchev–Trinajstić information content (AvgIpc) is 2.20. The summed E-state index contributed by atoms with van der Waals surface area (Å²) < 4.78 is 1.18. The molecule has 0 aliphatic heterocycles. The van der Waals surface area contributed by atoms with Crippen molar-refractivity contribution in [2.75, 3.05) is 19.0 Å². The number of carbonyl (C=O) groups is 1. The van der Waals surface area contributed by atoms with Gasteiger partial charge in [0, 0.05) is 26.6 Å². The maximum atomic E-state index is 11.5. The standard InChI is InChI=1S/C10H15N3O2/c1-4-9(14)7-13-10(15)5-8(6-11-13)12(2)3/h5-6H,4,7H2,1-3H3. The fourth-order valence-electron chi connectivity index (χ4n) is 1.07. The van der Waals surface area contributed by atoms with Gasteiger partial charge >= 0.3 is 0 Å². The third-order valence-electron chi connectivity index (χ3n) is 2.09. The Balaban J connectivity index is 2.94. The fourth-order valence-corrected chi connectivity index (χ4v) is 1.07. The Bertz CT molecular complexity index is 409. The van der Waals surface area contributed by atoms with E-state index in [1.54, 1.807) is 18.0 Å². The van der Waals surface area contributed by atoms with Crippen LogP contribution in [-0.4, -0.2) is 29.7 Å². The first-order valence-electron chi connectivity index (χ1n) is 4.80. The summed E-state index contributed by atoms with van der Waals surface area (Å²) >= 11 is 0. The fraction of sp³-hybridized carbons (Fsp3) is 0.500. The second kappa shape index (κ2) is 4.72. The van der Waals surface area contributed by atoms with Gasteiger partial charge in [0.2, 0.25) is 0 Å². The molecule has 0 unspecified atom stereocenters. The summed E-state index contributed by atoms with van der Waals surface area (Å²) in [7, 11) is 3.66. The highest BCUT2D eigenvalue weighted by Crippen LogP contribution is 2.03. The highest BCUT2D eigenvalue weighted by Gasteiger charge is 2.04. The van der Waals surface area contributed by atoms with Crippen molar-refractivity contribution >= 4 is 11.5 Å². The summed E-state index contributed by atoms with van der Waals surface area (Å²) in [6, 6.07) is 1.47. The minimum Gasteiger partial charge on any atom is -0.376 e. The molecular formula is C10H15N3O2. The van der Waals surface area contributed by atoms with Gasteiger partial charge in [0.05, 0.1) is 11.9 Å². The monoisotopic (exact) mass is 209 g/mol. The van der Waals surface area contributed by atoms with Gasteiger partial charge in [0.25, 0.3) is 5.56 Å². The predicted molar refractivity (Wildman–Crippen MR) is 58.1 cm³/mol. The van der Waals surface area contributed by atoms with Gasteiger partial charge in [-0.05, 0) is 0 Å². The molecule has 1 heterocycles. The largest absolute Gasteiger partial charge is 0.376 e. The van der Waals surface area contributed by atoms with E-state index in [1.165, 1.54) is 10.7 Å². The van der Waals surface area contributed by atoms with Crippen LogP contribution in [0, 0.1) is 0 Å². The molecule has 5 heteroatoms. The molecule has 15 heavy (non-hydrogen) atoms. The summed E-state index contributed by atoms with van der Waals surface area (Å²) in [6.45, 7) is 1.82. The van der Waals surface area contributed by atoms with Gasteiger partial charge in [0.1, 0.15) is 6.54 Å². The van der Waals surface area contributed by atoms with E-state index >= 15 is 0 Å². The quantitative estimate of drug-likeness (QED) is 0.715. The van der Waals surface area contributed by atoms with Crippen LogP contribution < -0.4 is 10.5 Å². The molecule has 82 valence electrons. The molecule has 0 N–H and O–H groups in total. The molecule has 0 aliphatic rings. The molecule has 0 aliphatic carbocycles. The van der Waals surface area contributed by atoms with E-state index in [4.69, 9.17) is 0 Å². The Kier molecular flexibility index (Phi) is 3.60. The molecule has 0 saturated heterocycles. The average molecular weight is 209 g/mol. The molecule has 0 bridgehead atoms. The van der Waals surface area contributed by atoms with Gasteiger partial charge in [-0.3, -0.25) is 9.59 Å². The van der Waals surface area contributed by atoms with E-state index in [0.29, 0.717) is 6.42 Å². The van der Waals surface area contributed by atoms with E-state index in [2.05, 4.69) is 5.10 Å². The highest BCUT2D eigenvalue weighted by atomic mass is 16.1. The number of hydrogen-bond donors (Lipinski definition) is 0. The van der Waals surface area contributed by atoms with Crippen LogP contribution in [0.3, 0.4) is 0 Å². The van der Waals surface area contributed by atoms with Crippen molar-refractivity contribution in [3.8, 4) is 0 Å². The van der Waals surface area contributed by atoms with Crippen LogP contribution in [0.1, 0.15) is 13.3 Å². The van der Waals surface area contributed by atoms with Crippen LogP contribution in [-0.2, 0) is 11.3 Å². The van der Waals surface area contributed by atoms with Crippen molar-refractivity contribution < 1.29 is 4.79 Å². The molecule has 0 atom stereocenters. The zero-order chi connectivity index (χ0) is 11.4. The van der Waals surface area contributed by atoms with E-state index in [-0.39, 0.29) is 17.9 Å². The molecule has 0 amide bonds. The predicted octanol–water partition coefficient (Wildman–Crippen LogP) is 0.288. The number of Topliss-reactive ketones (excluding diaryl/α,β-unsaturated/α-hetero) is 1. The van der Waals surface area contributed by atoms with Crippen molar-refractivity contribution in [3.63, 3.8) is 0 Å². The highest BCUT2D eigenvalue weighted by molar-refractivity contribution is 5.77. The third-order valence-corrected chi connectivity index (χ3v) is 2.09. The second-order valence-electron chi connectivity index (χ2n) is 3.50. The van der Waals surface area contributed by atoms with Crippen LogP contribution in [0.15, 0.2) is 17.1 Å². The molecule has 0 saturated carbocycles. The molecule has 0 radical (unpaired) electrons. The summed E-state index contributed by atoms with van der Waals surface area (Å²) in [4.78, 5) is 24.5. The molecule has 0 aromatic carbocycles. The van der Waals surface area contributed by atoms with Crippen molar-refractivity contribution in [2.45, 2.75) is 19.9 Å². The lowest BCUT2D eigenvalue weighted by atomic mass is 10.3. The van der Waals surface area contributed by atoms with Gasteiger partial charge in [-0.15, -0.1) is 0 Å². The van der Waals surface area contributed by atoms with Crippen molar-refractivity contribution in [2.24, 2.45) is 0 Å². The number of rotatable bonds is 4. The van der Waals surface area contributed by atoms with Crippen molar-refractivity contribution in [1.82, 2.24) is 9.78 Å². The first kappa shape index (κ1) is 11.4. The number of carbonyl (C=O) groups excluding carboxylic acids is 1. The molecule has 1 aromatic heterocycles. The minimum absolute atomic E-state index is 0.00204. The van der Waals surface area contributed by atoms with Gasteiger partial charge in [0.15, 0.2) is 5.78 Å². The summed E-state index contributed by atoms with van der Waals surface area (Å²) in [6.07, 6.45) is 1.99. The van der Waals surface area contributed by atoms with Gasteiger partial charge < -0.3 is 4.90 Å². The van der Waals surface area contributed by atoms with Crippen LogP contribution >= 0.6 is 0 Å². The smallest absolute Gasteiger partial charge is 0.269 e. The Morgan fingerprint density at radius 3 is 2.67 bits per heavy atom. The van der Waals surface area contributed by atoms with E-state index in [9.17, 15) is 9.59 Å². The topological polar surface area (TPSA) is 55.2 Å². The molecule has 5 nitrogen and oxygen atoms in total. The van der Waals surface area contributed by atoms with E-state index < -0.39 is 0 Å². The molecular weight excluding hydrogens is 194 g/mol. The van der Waals surface area contributed by atoms with Crippen LogP contribution in [0.25, 0.3) is 0 Å². The maximum Gasteiger partial charge on any atom is 0.269 e. The molecule has 1 aromatic rings. The number of ketones is 1. The summed E-state index contributed by atoms with van der Waals surface area (Å²) in [5.41, 5.74) is 0.489. The number of anilines is 1. The van der Waals surface area contributed by atoms with Gasteiger partial charge in [-0.2, -0.15) is 5.10 Å². The third kappa shape index (κ3) is 2.90. The van der Waals surface area contributed by atoms with Crippen LogP contribution in [0.4, 0.5) is 5.69 Å². The number of nitrogens with zero attached hydrogens (tertiary/aromatic N) is 3. The second-order valence-corrected chi connectivity index (χ2v) is 3.50. The SMILES string of the molecule is CCC(=O)Cn1ncc(N(C)C)cc1=O. The Morgan fingerprint density at radius 2 is 2.20 bits per heavy atom. The lowest BCUT2D eigenvalue weighted by molar-refractivity contribution is -0.119. The minimum atomic E-state index is -0.247. The lowest BCUT2D eigenvalue weighted by Gasteiger charge is -2.11. The first-order chi connectivity index (χ1) is 7.04. The zero-order valence-electron chi connectivity index (χ0n) is 9.23. The summed E-state index contributed by atoms with van der Waals surface area (Å²) in [5.74, 6) is 0.00204. The van der Waals surface area contributed by atoms with E-state index in [0.717, 1.165) is 5.69 Å². The van der Waals surface area contributed by atoms with Crippen LogP contribution in [0.5, 0.6) is 0 Å². The molecule has 0 fully saturated rings. The number of aromatic nitrogens is 2. The Labute approximate surface area is 88.3 Å². The molecule has 1 rings (SSSR count). The summed E-state index contributed by atoms with van der Waals surface area (Å²) in [5, 5.41) is 3.93. The Morgan fingerprint density at radius 1 is 1.53 bits per heavy atom. The van der Waals surface area contributed by atoms with E-state index in [1.807, 2.05) is 14.1 Å². The normalized spacial score (nSPS) is 10.1. The van der Waals surface area contributed by atoms with Crippen molar-refractivity contribution in [1.29, 1.82) is 0 Å². The van der Waals surface area contributed by atoms with Gasteiger partial charge in [-0.1, -0.05) is 6.92 Å². The Hall–Kier alpha value is -1.65. The molecule has 0 spiro atoms. The van der Waals surface area contributed by atoms with Crippen LogP contribution in [0.2, 0.25) is 0 Å². The lowest BCUT2D eigenvalue weighted by Crippen LogP contribution is -2.27. The van der Waals surface area contributed by atoms with Gasteiger partial charge in [-0.25, -0.2) is 4.68 Å². The number of hydrogen-bond acceptors (Lipinski definition) is 4. The van der Waals surface area contributed by atoms with Crippen molar-refractivity contribution in [3.05, 3.63) is 22.6 Å². The maximum absolute atomic E-state index is 11.5. The zero-order valence-corrected chi connectivity index (χ0v) is 9.23. The first-order valence-corrected chi connectivity index (χ1v) is 4.80.